The van der Waals surface area contributed by atoms with Crippen molar-refractivity contribution >= 4 is 0 Å². The van der Waals surface area contributed by atoms with E-state index in [1.54, 1.807) is 0 Å². The molecular weight excluding hydrogens is 184 g/mol. The van der Waals surface area contributed by atoms with E-state index in [9.17, 15) is 0 Å². The molecule has 0 saturated heterocycles. The second-order valence-corrected chi connectivity index (χ2v) is 4.15. The maximum atomic E-state index is 4.28. The van der Waals surface area contributed by atoms with Gasteiger partial charge in [-0.15, -0.1) is 0 Å². The summed E-state index contributed by atoms with van der Waals surface area (Å²) < 4.78 is 0. The maximum absolute atomic E-state index is 4.28. The standard InChI is InChI=1S/C13H18N2/c1-11-7-8-12(9-14-11)10-15-13-5-3-2-4-6-13/h3,5,7-9,13,15H,2,4,6,10H2,1H3. The molecule has 0 aliphatic heterocycles. The van der Waals surface area contributed by atoms with Crippen LogP contribution in [0.4, 0.5) is 0 Å². The van der Waals surface area contributed by atoms with Crippen LogP contribution in [0.5, 0.6) is 0 Å². The van der Waals surface area contributed by atoms with Crippen LogP contribution >= 0.6 is 0 Å². The van der Waals surface area contributed by atoms with Gasteiger partial charge in [-0.2, -0.15) is 0 Å². The Bertz CT molecular complexity index is 327. The molecule has 0 fully saturated rings. The molecule has 1 aliphatic rings. The zero-order valence-corrected chi connectivity index (χ0v) is 9.24. The Balaban J connectivity index is 1.84. The van der Waals surface area contributed by atoms with E-state index in [4.69, 9.17) is 0 Å². The van der Waals surface area contributed by atoms with E-state index in [0.29, 0.717) is 6.04 Å². The topological polar surface area (TPSA) is 24.9 Å². The molecule has 2 heteroatoms. The molecule has 0 saturated carbocycles. The van der Waals surface area contributed by atoms with Gasteiger partial charge in [0.05, 0.1) is 0 Å². The molecule has 1 aliphatic carbocycles. The van der Waals surface area contributed by atoms with Gasteiger partial charge >= 0.3 is 0 Å². The van der Waals surface area contributed by atoms with Crippen LogP contribution in [0, 0.1) is 6.92 Å². The van der Waals surface area contributed by atoms with E-state index in [-0.39, 0.29) is 0 Å². The Morgan fingerprint density at radius 2 is 2.40 bits per heavy atom. The van der Waals surface area contributed by atoms with Gasteiger partial charge in [0.2, 0.25) is 0 Å². The lowest BCUT2D eigenvalue weighted by Gasteiger charge is -2.17. The number of pyridine rings is 1. The van der Waals surface area contributed by atoms with Gasteiger partial charge in [0.25, 0.3) is 0 Å². The first-order valence-electron chi connectivity index (χ1n) is 5.66. The van der Waals surface area contributed by atoms with Crippen molar-refractivity contribution < 1.29 is 0 Å². The smallest absolute Gasteiger partial charge is 0.0372 e. The van der Waals surface area contributed by atoms with Crippen molar-refractivity contribution in [1.29, 1.82) is 0 Å². The van der Waals surface area contributed by atoms with E-state index in [1.807, 2.05) is 13.1 Å². The van der Waals surface area contributed by atoms with Crippen LogP contribution in [0.3, 0.4) is 0 Å². The lowest BCUT2D eigenvalue weighted by molar-refractivity contribution is 0.522. The normalized spacial score (nSPS) is 20.5. The van der Waals surface area contributed by atoms with Crippen LogP contribution in [-0.2, 0) is 6.54 Å². The molecule has 1 atom stereocenters. The Morgan fingerprint density at radius 1 is 1.47 bits per heavy atom. The van der Waals surface area contributed by atoms with Crippen molar-refractivity contribution in [1.82, 2.24) is 10.3 Å². The van der Waals surface area contributed by atoms with E-state index >= 15 is 0 Å². The summed E-state index contributed by atoms with van der Waals surface area (Å²) in [5, 5.41) is 3.53. The average Bonchev–Trinajstić information content (AvgIpc) is 2.30. The Morgan fingerprint density at radius 3 is 3.07 bits per heavy atom. The minimum absolute atomic E-state index is 0.556. The monoisotopic (exact) mass is 202 g/mol. The van der Waals surface area contributed by atoms with Crippen molar-refractivity contribution in [2.75, 3.05) is 0 Å². The first kappa shape index (κ1) is 10.4. The minimum Gasteiger partial charge on any atom is -0.306 e. The average molecular weight is 202 g/mol. The lowest BCUT2D eigenvalue weighted by Crippen LogP contribution is -2.27. The van der Waals surface area contributed by atoms with Gasteiger partial charge < -0.3 is 5.32 Å². The Hall–Kier alpha value is -1.15. The van der Waals surface area contributed by atoms with E-state index < -0.39 is 0 Å². The summed E-state index contributed by atoms with van der Waals surface area (Å²) in [6.45, 7) is 2.93. The van der Waals surface area contributed by atoms with Crippen LogP contribution in [0.2, 0.25) is 0 Å². The molecular formula is C13H18N2. The van der Waals surface area contributed by atoms with Gasteiger partial charge in [0.1, 0.15) is 0 Å². The molecule has 0 radical (unpaired) electrons. The summed E-state index contributed by atoms with van der Waals surface area (Å²) in [6, 6.07) is 4.76. The quantitative estimate of drug-likeness (QED) is 0.762. The first-order valence-corrected chi connectivity index (χ1v) is 5.66. The van der Waals surface area contributed by atoms with Crippen LogP contribution < -0.4 is 5.32 Å². The van der Waals surface area contributed by atoms with Crippen molar-refractivity contribution in [3.63, 3.8) is 0 Å². The molecule has 1 aromatic rings. The van der Waals surface area contributed by atoms with Crippen LogP contribution in [0.15, 0.2) is 30.5 Å². The molecule has 0 spiro atoms. The molecule has 2 nitrogen and oxygen atoms in total. The fraction of sp³-hybridized carbons (Fsp3) is 0.462. The largest absolute Gasteiger partial charge is 0.306 e. The highest BCUT2D eigenvalue weighted by molar-refractivity contribution is 5.13. The van der Waals surface area contributed by atoms with Gasteiger partial charge in [-0.1, -0.05) is 18.2 Å². The molecule has 1 unspecified atom stereocenters. The second-order valence-electron chi connectivity index (χ2n) is 4.15. The Kier molecular flexibility index (Phi) is 3.51. The van der Waals surface area contributed by atoms with Gasteiger partial charge in [0, 0.05) is 24.5 Å². The number of aromatic nitrogens is 1. The highest BCUT2D eigenvalue weighted by Crippen LogP contribution is 2.10. The number of nitrogens with zero attached hydrogens (tertiary/aromatic N) is 1. The van der Waals surface area contributed by atoms with Gasteiger partial charge in [0.15, 0.2) is 0 Å². The lowest BCUT2D eigenvalue weighted by atomic mass is 10.0. The summed E-state index contributed by atoms with van der Waals surface area (Å²) in [7, 11) is 0. The minimum atomic E-state index is 0.556. The number of allylic oxidation sites excluding steroid dienone is 1. The zero-order valence-electron chi connectivity index (χ0n) is 9.24. The second kappa shape index (κ2) is 5.08. The fourth-order valence-electron chi connectivity index (χ4n) is 1.83. The highest BCUT2D eigenvalue weighted by atomic mass is 14.9. The molecule has 80 valence electrons. The summed E-state index contributed by atoms with van der Waals surface area (Å²) in [5.41, 5.74) is 2.34. The number of aryl methyl sites for hydroxylation is 1. The third kappa shape index (κ3) is 3.17. The van der Waals surface area contributed by atoms with Crippen LogP contribution in [-0.4, -0.2) is 11.0 Å². The van der Waals surface area contributed by atoms with Crippen molar-refractivity contribution in [2.45, 2.75) is 38.8 Å². The predicted molar refractivity (Wildman–Crippen MR) is 62.6 cm³/mol. The van der Waals surface area contributed by atoms with Crippen molar-refractivity contribution in [3.8, 4) is 0 Å². The predicted octanol–water partition coefficient (Wildman–Crippen LogP) is 2.59. The number of hydrogen-bond acceptors (Lipinski definition) is 2. The van der Waals surface area contributed by atoms with Crippen LogP contribution in [0.25, 0.3) is 0 Å². The molecule has 1 aromatic heterocycles. The van der Waals surface area contributed by atoms with Crippen molar-refractivity contribution in [2.24, 2.45) is 0 Å². The molecule has 2 rings (SSSR count). The summed E-state index contributed by atoms with van der Waals surface area (Å²) in [5.74, 6) is 0. The zero-order chi connectivity index (χ0) is 10.5. The molecule has 15 heavy (non-hydrogen) atoms. The Labute approximate surface area is 91.4 Å². The summed E-state index contributed by atoms with van der Waals surface area (Å²) >= 11 is 0. The molecule has 1 heterocycles. The van der Waals surface area contributed by atoms with Crippen molar-refractivity contribution in [3.05, 3.63) is 41.7 Å². The molecule has 0 bridgehead atoms. The maximum Gasteiger partial charge on any atom is 0.0372 e. The number of nitrogens with one attached hydrogen (secondary N) is 1. The van der Waals surface area contributed by atoms with Gasteiger partial charge in [-0.05, 0) is 37.8 Å². The molecule has 0 aromatic carbocycles. The fourth-order valence-corrected chi connectivity index (χ4v) is 1.83. The van der Waals surface area contributed by atoms with E-state index in [1.165, 1.54) is 24.8 Å². The molecule has 1 N–H and O–H groups in total. The summed E-state index contributed by atoms with van der Waals surface area (Å²) in [4.78, 5) is 4.28. The van der Waals surface area contributed by atoms with Gasteiger partial charge in [-0.3, -0.25) is 4.98 Å². The van der Waals surface area contributed by atoms with E-state index in [2.05, 4.69) is 34.6 Å². The first-order chi connectivity index (χ1) is 7.34. The third-order valence-corrected chi connectivity index (χ3v) is 2.80. The molecule has 0 amide bonds. The summed E-state index contributed by atoms with van der Waals surface area (Å²) in [6.07, 6.45) is 10.3. The highest BCUT2D eigenvalue weighted by Gasteiger charge is 2.06. The third-order valence-electron chi connectivity index (χ3n) is 2.80. The van der Waals surface area contributed by atoms with E-state index in [0.717, 1.165) is 12.2 Å². The SMILES string of the molecule is Cc1ccc(CNC2C=CCCC2)cn1. The number of hydrogen-bond donors (Lipinski definition) is 1. The number of rotatable bonds is 3. The van der Waals surface area contributed by atoms with Crippen LogP contribution in [0.1, 0.15) is 30.5 Å². The van der Waals surface area contributed by atoms with Gasteiger partial charge in [-0.25, -0.2) is 0 Å².